The molecule has 0 bridgehead atoms. The minimum absolute atomic E-state index is 0.0223. The van der Waals surface area contributed by atoms with Crippen molar-refractivity contribution in [1.29, 1.82) is 0 Å². The Balaban J connectivity index is 2.15. The Kier molecular flexibility index (Phi) is 7.20. The van der Waals surface area contributed by atoms with E-state index in [1.807, 2.05) is 13.8 Å². The van der Waals surface area contributed by atoms with E-state index in [0.29, 0.717) is 30.2 Å². The van der Waals surface area contributed by atoms with Crippen molar-refractivity contribution in [2.24, 2.45) is 7.05 Å². The Morgan fingerprint density at radius 1 is 1.14 bits per heavy atom. The second kappa shape index (κ2) is 9.59. The van der Waals surface area contributed by atoms with Gasteiger partial charge in [-0.2, -0.15) is 0 Å². The molecular weight excluding hydrogens is 362 g/mol. The summed E-state index contributed by atoms with van der Waals surface area (Å²) < 4.78 is 11.9. The number of aromatic nitrogens is 1. The maximum Gasteiger partial charge on any atom is 0.274 e. The zero-order chi connectivity index (χ0) is 20.7. The normalized spacial score (nSPS) is 10.3. The van der Waals surface area contributed by atoms with Crippen LogP contribution in [-0.2, 0) is 11.8 Å². The highest BCUT2D eigenvalue weighted by Gasteiger charge is 2.17. The van der Waals surface area contributed by atoms with Gasteiger partial charge in [0.05, 0.1) is 12.7 Å². The number of ether oxygens (including phenoxy) is 2. The summed E-state index contributed by atoms with van der Waals surface area (Å²) in [5.41, 5.74) is -0.0670. The van der Waals surface area contributed by atoms with E-state index >= 15 is 0 Å². The number of carbonyl (C=O) groups is 2. The lowest BCUT2D eigenvalue weighted by Gasteiger charge is -2.19. The first-order valence-electron chi connectivity index (χ1n) is 8.96. The highest BCUT2D eigenvalue weighted by atomic mass is 16.5. The van der Waals surface area contributed by atoms with Gasteiger partial charge in [0, 0.05) is 26.3 Å². The number of aryl methyl sites for hydroxylation is 1. The standard InChI is InChI=1S/C20H25N3O5/c1-5-23(6-2)19(25)14-11-15(20(26)22(3)12-14)21-18(24)13-28-17-10-8-7-9-16(17)27-4/h7-12H,5-6,13H2,1-4H3,(H,21,24). The third-order valence-electron chi connectivity index (χ3n) is 4.18. The number of hydrogen-bond acceptors (Lipinski definition) is 5. The lowest BCUT2D eigenvalue weighted by molar-refractivity contribution is -0.118. The van der Waals surface area contributed by atoms with Gasteiger partial charge in [0.2, 0.25) is 0 Å². The number of benzene rings is 1. The Bertz CT molecular complexity index is 903. The van der Waals surface area contributed by atoms with Gasteiger partial charge in [-0.15, -0.1) is 0 Å². The molecule has 2 rings (SSSR count). The zero-order valence-corrected chi connectivity index (χ0v) is 16.5. The Labute approximate surface area is 163 Å². The van der Waals surface area contributed by atoms with E-state index in [0.717, 1.165) is 0 Å². The first kappa shape index (κ1) is 21.0. The molecule has 0 saturated heterocycles. The SMILES string of the molecule is CCN(CC)C(=O)c1cc(NC(=O)COc2ccccc2OC)c(=O)n(C)c1. The summed E-state index contributed by atoms with van der Waals surface area (Å²) in [4.78, 5) is 38.8. The van der Waals surface area contributed by atoms with Crippen LogP contribution in [0.4, 0.5) is 5.69 Å². The Hall–Kier alpha value is -3.29. The van der Waals surface area contributed by atoms with Crippen molar-refractivity contribution in [1.82, 2.24) is 9.47 Å². The molecule has 0 saturated carbocycles. The number of methoxy groups -OCH3 is 1. The summed E-state index contributed by atoms with van der Waals surface area (Å²) in [6.45, 7) is 4.54. The summed E-state index contributed by atoms with van der Waals surface area (Å²) >= 11 is 0. The molecule has 28 heavy (non-hydrogen) atoms. The molecule has 0 radical (unpaired) electrons. The molecule has 0 aliphatic rings. The van der Waals surface area contributed by atoms with Crippen LogP contribution in [0.3, 0.4) is 0 Å². The van der Waals surface area contributed by atoms with Gasteiger partial charge in [0.1, 0.15) is 5.69 Å². The molecule has 2 amide bonds. The van der Waals surface area contributed by atoms with Crippen LogP contribution in [0.15, 0.2) is 41.3 Å². The van der Waals surface area contributed by atoms with Gasteiger partial charge < -0.3 is 24.3 Å². The number of carbonyl (C=O) groups excluding carboxylic acids is 2. The van der Waals surface area contributed by atoms with Crippen LogP contribution in [-0.4, -0.2) is 48.1 Å². The molecule has 1 aromatic heterocycles. The lowest BCUT2D eigenvalue weighted by Crippen LogP contribution is -2.33. The van der Waals surface area contributed by atoms with Crippen LogP contribution >= 0.6 is 0 Å². The van der Waals surface area contributed by atoms with E-state index in [-0.39, 0.29) is 18.2 Å². The predicted octanol–water partition coefficient (Wildman–Crippen LogP) is 1.89. The summed E-state index contributed by atoms with van der Waals surface area (Å²) in [6.07, 6.45) is 1.46. The van der Waals surface area contributed by atoms with E-state index in [1.165, 1.54) is 31.0 Å². The number of anilines is 1. The van der Waals surface area contributed by atoms with E-state index in [2.05, 4.69) is 5.32 Å². The van der Waals surface area contributed by atoms with Gasteiger partial charge in [-0.25, -0.2) is 0 Å². The zero-order valence-electron chi connectivity index (χ0n) is 16.5. The number of rotatable bonds is 8. The number of nitrogens with zero attached hydrogens (tertiary/aromatic N) is 2. The highest BCUT2D eigenvalue weighted by molar-refractivity contribution is 5.97. The van der Waals surface area contributed by atoms with Gasteiger partial charge in [0.25, 0.3) is 17.4 Å². The Morgan fingerprint density at radius 2 is 1.79 bits per heavy atom. The molecule has 1 N–H and O–H groups in total. The van der Waals surface area contributed by atoms with Crippen LogP contribution in [0.25, 0.3) is 0 Å². The molecule has 8 nitrogen and oxygen atoms in total. The quantitative estimate of drug-likeness (QED) is 0.747. The molecule has 0 unspecified atom stereocenters. The van der Waals surface area contributed by atoms with Crippen LogP contribution in [0.5, 0.6) is 11.5 Å². The maximum absolute atomic E-state index is 12.5. The van der Waals surface area contributed by atoms with Crippen molar-refractivity contribution >= 4 is 17.5 Å². The van der Waals surface area contributed by atoms with Gasteiger partial charge in [-0.3, -0.25) is 14.4 Å². The fourth-order valence-electron chi connectivity index (χ4n) is 2.68. The van der Waals surface area contributed by atoms with Crippen LogP contribution in [0.2, 0.25) is 0 Å². The van der Waals surface area contributed by atoms with Gasteiger partial charge >= 0.3 is 0 Å². The molecule has 0 aliphatic heterocycles. The smallest absolute Gasteiger partial charge is 0.274 e. The topological polar surface area (TPSA) is 89.9 Å². The molecule has 0 atom stereocenters. The predicted molar refractivity (Wildman–Crippen MR) is 106 cm³/mol. The summed E-state index contributed by atoms with van der Waals surface area (Å²) in [6, 6.07) is 8.32. The van der Waals surface area contributed by atoms with Crippen LogP contribution < -0.4 is 20.3 Å². The van der Waals surface area contributed by atoms with E-state index in [4.69, 9.17) is 9.47 Å². The average Bonchev–Trinajstić information content (AvgIpc) is 2.70. The first-order chi connectivity index (χ1) is 13.4. The van der Waals surface area contributed by atoms with E-state index in [9.17, 15) is 14.4 Å². The van der Waals surface area contributed by atoms with Crippen molar-refractivity contribution in [3.63, 3.8) is 0 Å². The van der Waals surface area contributed by atoms with Gasteiger partial charge in [-0.05, 0) is 32.0 Å². The number of pyridine rings is 1. The average molecular weight is 387 g/mol. The van der Waals surface area contributed by atoms with Crippen molar-refractivity contribution < 1.29 is 19.1 Å². The van der Waals surface area contributed by atoms with Crippen molar-refractivity contribution in [2.45, 2.75) is 13.8 Å². The maximum atomic E-state index is 12.5. The Morgan fingerprint density at radius 3 is 2.39 bits per heavy atom. The van der Waals surface area contributed by atoms with Gasteiger partial charge in [-0.1, -0.05) is 12.1 Å². The number of amides is 2. The molecule has 1 aromatic carbocycles. The number of para-hydroxylation sites is 2. The number of hydrogen-bond donors (Lipinski definition) is 1. The monoisotopic (exact) mass is 387 g/mol. The molecule has 0 aliphatic carbocycles. The summed E-state index contributed by atoms with van der Waals surface area (Å²) in [5, 5.41) is 2.52. The molecule has 2 aromatic rings. The van der Waals surface area contributed by atoms with Crippen LogP contribution in [0.1, 0.15) is 24.2 Å². The minimum Gasteiger partial charge on any atom is -0.493 e. The third kappa shape index (κ3) is 4.91. The molecule has 8 heteroatoms. The summed E-state index contributed by atoms with van der Waals surface area (Å²) in [7, 11) is 3.03. The highest BCUT2D eigenvalue weighted by Crippen LogP contribution is 2.25. The molecule has 1 heterocycles. The second-order valence-corrected chi connectivity index (χ2v) is 6.02. The fraction of sp³-hybridized carbons (Fsp3) is 0.350. The van der Waals surface area contributed by atoms with E-state index in [1.54, 1.807) is 29.2 Å². The minimum atomic E-state index is -0.518. The van der Waals surface area contributed by atoms with Crippen molar-refractivity contribution in [3.05, 3.63) is 52.4 Å². The van der Waals surface area contributed by atoms with Crippen molar-refractivity contribution in [3.8, 4) is 11.5 Å². The summed E-state index contributed by atoms with van der Waals surface area (Å²) in [5.74, 6) is 0.188. The second-order valence-electron chi connectivity index (χ2n) is 6.02. The molecule has 0 spiro atoms. The van der Waals surface area contributed by atoms with E-state index < -0.39 is 11.5 Å². The van der Waals surface area contributed by atoms with Crippen LogP contribution in [0, 0.1) is 0 Å². The number of nitrogens with one attached hydrogen (secondary N) is 1. The lowest BCUT2D eigenvalue weighted by atomic mass is 10.2. The largest absolute Gasteiger partial charge is 0.493 e. The molecular formula is C20H25N3O5. The first-order valence-corrected chi connectivity index (χ1v) is 8.96. The molecule has 150 valence electrons. The third-order valence-corrected chi connectivity index (χ3v) is 4.18. The fourth-order valence-corrected chi connectivity index (χ4v) is 2.68. The molecule has 0 fully saturated rings. The van der Waals surface area contributed by atoms with Gasteiger partial charge in [0.15, 0.2) is 18.1 Å². The van der Waals surface area contributed by atoms with Crippen molar-refractivity contribution in [2.75, 3.05) is 32.1 Å².